The van der Waals surface area contributed by atoms with Crippen molar-refractivity contribution in [1.82, 2.24) is 19.8 Å². The van der Waals surface area contributed by atoms with Crippen LogP contribution < -0.4 is 9.64 Å². The Morgan fingerprint density at radius 1 is 1.16 bits per heavy atom. The van der Waals surface area contributed by atoms with E-state index in [-0.39, 0.29) is 41.9 Å². The van der Waals surface area contributed by atoms with Crippen molar-refractivity contribution in [2.24, 2.45) is 0 Å². The van der Waals surface area contributed by atoms with Crippen molar-refractivity contribution in [1.29, 1.82) is 0 Å². The van der Waals surface area contributed by atoms with Crippen molar-refractivity contribution < 1.29 is 18.3 Å². The first-order valence-electron chi connectivity index (χ1n) is 14.7. The van der Waals surface area contributed by atoms with Crippen LogP contribution in [0.25, 0.3) is 26.9 Å². The summed E-state index contributed by atoms with van der Waals surface area (Å²) in [6, 6.07) is 6.54. The lowest BCUT2D eigenvalue weighted by Gasteiger charge is -2.39. The standard InChI is InChI=1S/C32H34F2N6O2S/c1-4-27(41)40-15-14-39(18-21(40)17-35-2)31-25-10-9-23(22-11-12-26(33)30-24(22)8-6-16-43-30)28(34)29(25)36-32(37-31)42-19-20-7-5-13-38(20)3/h4,9-12,20-21H,1,5-8,13-19H2,3H3/t20-,21-/m0/s1. The van der Waals surface area contributed by atoms with E-state index in [0.717, 1.165) is 37.1 Å². The fourth-order valence-corrected chi connectivity index (χ4v) is 7.48. The average molecular weight is 605 g/mol. The predicted molar refractivity (Wildman–Crippen MR) is 164 cm³/mol. The third kappa shape index (κ3) is 5.66. The van der Waals surface area contributed by atoms with Gasteiger partial charge in [0.05, 0.1) is 0 Å². The van der Waals surface area contributed by atoms with Crippen LogP contribution in [0.1, 0.15) is 24.8 Å². The van der Waals surface area contributed by atoms with Crippen molar-refractivity contribution in [2.45, 2.75) is 42.7 Å². The molecular weight excluding hydrogens is 570 g/mol. The number of carbonyl (C=O) groups is 1. The first-order valence-corrected chi connectivity index (χ1v) is 15.7. The molecule has 43 heavy (non-hydrogen) atoms. The molecule has 3 aliphatic rings. The molecule has 0 unspecified atom stereocenters. The number of ether oxygens (including phenoxy) is 1. The summed E-state index contributed by atoms with van der Waals surface area (Å²) in [7, 11) is 2.06. The van der Waals surface area contributed by atoms with E-state index in [0.29, 0.717) is 59.9 Å². The molecule has 2 atom stereocenters. The van der Waals surface area contributed by atoms with E-state index >= 15 is 4.39 Å². The number of piperazine rings is 1. The Kier molecular flexibility index (Phi) is 8.50. The molecule has 0 bridgehead atoms. The van der Waals surface area contributed by atoms with Gasteiger partial charge in [-0.2, -0.15) is 9.97 Å². The second-order valence-electron chi connectivity index (χ2n) is 11.3. The highest BCUT2D eigenvalue weighted by molar-refractivity contribution is 7.99. The Balaban J connectivity index is 1.43. The molecule has 1 aromatic heterocycles. The zero-order chi connectivity index (χ0) is 30.1. The van der Waals surface area contributed by atoms with Gasteiger partial charge in [-0.15, -0.1) is 11.8 Å². The molecule has 4 heterocycles. The highest BCUT2D eigenvalue weighted by Crippen LogP contribution is 2.41. The second-order valence-corrected chi connectivity index (χ2v) is 12.4. The number of aromatic nitrogens is 2. The summed E-state index contributed by atoms with van der Waals surface area (Å²) in [6.45, 7) is 13.7. The lowest BCUT2D eigenvalue weighted by Crippen LogP contribution is -2.56. The molecule has 0 spiro atoms. The van der Waals surface area contributed by atoms with E-state index in [9.17, 15) is 9.18 Å². The van der Waals surface area contributed by atoms with E-state index in [4.69, 9.17) is 16.3 Å². The molecular formula is C32H34F2N6O2S. The van der Waals surface area contributed by atoms with Gasteiger partial charge in [0.2, 0.25) is 12.5 Å². The smallest absolute Gasteiger partial charge is 0.319 e. The number of benzene rings is 2. The van der Waals surface area contributed by atoms with Gasteiger partial charge in [0, 0.05) is 41.5 Å². The largest absolute Gasteiger partial charge is 0.462 e. The van der Waals surface area contributed by atoms with Gasteiger partial charge in [-0.1, -0.05) is 18.7 Å². The van der Waals surface area contributed by atoms with Crippen LogP contribution in [0.15, 0.2) is 41.8 Å². The number of hydrogen-bond acceptors (Lipinski definition) is 7. The number of fused-ring (bicyclic) bond motifs is 2. The number of hydrogen-bond donors (Lipinski definition) is 0. The van der Waals surface area contributed by atoms with Gasteiger partial charge >= 0.3 is 6.01 Å². The second kappa shape index (κ2) is 12.5. The highest BCUT2D eigenvalue weighted by atomic mass is 32.2. The van der Waals surface area contributed by atoms with E-state index in [1.807, 2.05) is 11.0 Å². The summed E-state index contributed by atoms with van der Waals surface area (Å²) >= 11 is 1.48. The topological polar surface area (TPSA) is 66.2 Å². The van der Waals surface area contributed by atoms with Crippen LogP contribution in [0.5, 0.6) is 6.01 Å². The van der Waals surface area contributed by atoms with Gasteiger partial charge < -0.3 is 24.3 Å². The molecule has 0 saturated carbocycles. The van der Waals surface area contributed by atoms with E-state index in [1.165, 1.54) is 23.9 Å². The van der Waals surface area contributed by atoms with Crippen molar-refractivity contribution >= 4 is 34.4 Å². The van der Waals surface area contributed by atoms with Crippen LogP contribution in [0.2, 0.25) is 0 Å². The minimum Gasteiger partial charge on any atom is -0.462 e. The third-order valence-electron chi connectivity index (χ3n) is 8.70. The Labute approximate surface area is 254 Å². The molecule has 2 saturated heterocycles. The number of amides is 1. The number of likely N-dealkylation sites (tertiary alicyclic amines) is 1. The molecule has 0 radical (unpaired) electrons. The van der Waals surface area contributed by atoms with Crippen LogP contribution in [0.4, 0.5) is 14.6 Å². The van der Waals surface area contributed by atoms with Gasteiger partial charge in [-0.3, -0.25) is 4.79 Å². The summed E-state index contributed by atoms with van der Waals surface area (Å²) in [6.07, 6.45) is 4.93. The summed E-state index contributed by atoms with van der Waals surface area (Å²) in [4.78, 5) is 31.9. The third-order valence-corrected chi connectivity index (χ3v) is 9.93. The summed E-state index contributed by atoms with van der Waals surface area (Å²) in [5, 5.41) is 0.516. The molecule has 1 amide bonds. The van der Waals surface area contributed by atoms with Crippen molar-refractivity contribution in [3.05, 3.63) is 65.5 Å². The molecule has 8 nitrogen and oxygen atoms in total. The molecule has 6 rings (SSSR count). The monoisotopic (exact) mass is 604 g/mol. The minimum absolute atomic E-state index is 0.0851. The Hall–Kier alpha value is -3.75. The number of carbonyl (C=O) groups excluding carboxylic acids is 1. The maximum absolute atomic E-state index is 16.6. The molecule has 0 aliphatic carbocycles. The Morgan fingerprint density at radius 3 is 2.77 bits per heavy atom. The number of halogens is 2. The van der Waals surface area contributed by atoms with Gasteiger partial charge in [-0.25, -0.2) is 15.4 Å². The zero-order valence-corrected chi connectivity index (χ0v) is 25.0. The summed E-state index contributed by atoms with van der Waals surface area (Å²) in [5.74, 6) is 0.335. The van der Waals surface area contributed by atoms with Crippen molar-refractivity contribution in [3.63, 3.8) is 0 Å². The number of likely N-dealkylation sites (N-methyl/N-ethyl adjacent to an activating group) is 1. The molecule has 0 N–H and O–H groups in total. The van der Waals surface area contributed by atoms with Crippen molar-refractivity contribution in [3.8, 4) is 17.1 Å². The number of thioether (sulfide) groups is 1. The van der Waals surface area contributed by atoms with Crippen LogP contribution in [0.3, 0.4) is 0 Å². The minimum atomic E-state index is -0.508. The molecule has 11 heteroatoms. The van der Waals surface area contributed by atoms with Gasteiger partial charge in [0.1, 0.15) is 29.8 Å². The molecule has 224 valence electrons. The van der Waals surface area contributed by atoms with E-state index in [2.05, 4.69) is 28.4 Å². The molecule has 2 fully saturated rings. The maximum Gasteiger partial charge on any atom is 0.319 e. The number of rotatable bonds is 7. The molecule has 2 aromatic carbocycles. The van der Waals surface area contributed by atoms with Crippen LogP contribution >= 0.6 is 11.8 Å². The van der Waals surface area contributed by atoms with Crippen LogP contribution in [-0.4, -0.2) is 89.9 Å². The zero-order valence-electron chi connectivity index (χ0n) is 24.2. The van der Waals surface area contributed by atoms with E-state index < -0.39 is 5.82 Å². The van der Waals surface area contributed by atoms with Gasteiger partial charge in [0.15, 0.2) is 5.82 Å². The van der Waals surface area contributed by atoms with Gasteiger partial charge in [0.25, 0.3) is 0 Å². The number of anilines is 1. The first kappa shape index (κ1) is 29.3. The maximum atomic E-state index is 16.6. The first-order chi connectivity index (χ1) is 20.9. The summed E-state index contributed by atoms with van der Waals surface area (Å²) < 4.78 is 37.4. The Bertz CT molecular complexity index is 1610. The van der Waals surface area contributed by atoms with Crippen LogP contribution in [0, 0.1) is 18.2 Å². The lowest BCUT2D eigenvalue weighted by molar-refractivity contribution is -0.128. The molecule has 3 aromatic rings. The van der Waals surface area contributed by atoms with Crippen LogP contribution in [-0.2, 0) is 11.2 Å². The quantitative estimate of drug-likeness (QED) is 0.271. The van der Waals surface area contributed by atoms with E-state index in [1.54, 1.807) is 17.0 Å². The average Bonchev–Trinajstić information content (AvgIpc) is 3.44. The normalized spacial score (nSPS) is 20.6. The number of nitrogens with zero attached hydrogens (tertiary/aromatic N) is 6. The van der Waals surface area contributed by atoms with Crippen molar-refractivity contribution in [2.75, 3.05) is 57.0 Å². The fourth-order valence-electron chi connectivity index (χ4n) is 6.40. The molecule has 3 aliphatic heterocycles. The highest BCUT2D eigenvalue weighted by Gasteiger charge is 2.34. The lowest BCUT2D eigenvalue weighted by atomic mass is 9.95. The van der Waals surface area contributed by atoms with Gasteiger partial charge in [-0.05, 0) is 74.4 Å². The summed E-state index contributed by atoms with van der Waals surface area (Å²) in [5.41, 5.74) is 2.00. The Morgan fingerprint density at radius 2 is 2.00 bits per heavy atom. The predicted octanol–water partition coefficient (Wildman–Crippen LogP) is 5.21. The SMILES string of the molecule is [C-]#[N+]C[C@H]1CN(c2nc(OC[C@@H]3CCCN3C)nc3c(F)c(-c4ccc(F)c5c4CCCS5)ccc23)CCN1C(=O)C=C. The fraction of sp³-hybridized carbons (Fsp3) is 0.438.